The Morgan fingerprint density at radius 1 is 1.40 bits per heavy atom. The molecule has 0 aliphatic rings. The number of benzene rings is 1. The van der Waals surface area contributed by atoms with Crippen LogP contribution in [-0.4, -0.2) is 27.5 Å². The van der Waals surface area contributed by atoms with Gasteiger partial charge >= 0.3 is 0 Å². The van der Waals surface area contributed by atoms with Gasteiger partial charge in [-0.05, 0) is 18.6 Å². The summed E-state index contributed by atoms with van der Waals surface area (Å²) in [5.74, 6) is 2.28. The smallest absolute Gasteiger partial charge is 0.208 e. The van der Waals surface area contributed by atoms with Crippen LogP contribution in [0.4, 0.5) is 0 Å². The molecule has 5 nitrogen and oxygen atoms in total. The Morgan fingerprint density at radius 3 is 3.05 bits per heavy atom. The zero-order valence-electron chi connectivity index (χ0n) is 11.3. The fraction of sp³-hybridized carbons (Fsp3) is 0.357. The predicted molar refractivity (Wildman–Crippen MR) is 77.8 cm³/mol. The zero-order chi connectivity index (χ0) is 14.2. The van der Waals surface area contributed by atoms with Crippen molar-refractivity contribution in [2.24, 2.45) is 0 Å². The molecule has 2 rings (SSSR count). The van der Waals surface area contributed by atoms with Crippen LogP contribution in [0.3, 0.4) is 0 Å². The Labute approximate surface area is 122 Å². The highest BCUT2D eigenvalue weighted by Gasteiger charge is 2.04. The lowest BCUT2D eigenvalue weighted by molar-refractivity contribution is 0.343. The van der Waals surface area contributed by atoms with Crippen molar-refractivity contribution in [3.63, 3.8) is 0 Å². The van der Waals surface area contributed by atoms with Crippen LogP contribution < -0.4 is 4.74 Å². The third kappa shape index (κ3) is 4.00. The van der Waals surface area contributed by atoms with Gasteiger partial charge in [0.2, 0.25) is 5.16 Å². The highest BCUT2D eigenvalue weighted by Crippen LogP contribution is 2.18. The van der Waals surface area contributed by atoms with Crippen LogP contribution in [0.2, 0.25) is 0 Å². The van der Waals surface area contributed by atoms with Crippen LogP contribution in [-0.2, 0) is 6.42 Å². The molecule has 1 N–H and O–H groups in total. The van der Waals surface area contributed by atoms with E-state index in [1.165, 1.54) is 11.8 Å². The summed E-state index contributed by atoms with van der Waals surface area (Å²) in [7, 11) is 0. The summed E-state index contributed by atoms with van der Waals surface area (Å²) in [5.41, 5.74) is 0.556. The summed E-state index contributed by atoms with van der Waals surface area (Å²) < 4.78 is 5.59. The maximum atomic E-state index is 8.95. The van der Waals surface area contributed by atoms with Crippen LogP contribution >= 0.6 is 11.8 Å². The first-order valence-electron chi connectivity index (χ1n) is 6.49. The number of hydrogen-bond acceptors (Lipinski definition) is 5. The summed E-state index contributed by atoms with van der Waals surface area (Å²) >= 11 is 1.54. The van der Waals surface area contributed by atoms with Crippen molar-refractivity contribution in [1.29, 1.82) is 5.26 Å². The van der Waals surface area contributed by atoms with Gasteiger partial charge in [0.25, 0.3) is 0 Å². The molecular formula is C14H16N4OS. The maximum Gasteiger partial charge on any atom is 0.208 e. The molecule has 1 heterocycles. The average Bonchev–Trinajstić information content (AvgIpc) is 2.92. The van der Waals surface area contributed by atoms with E-state index in [1.54, 1.807) is 12.1 Å². The largest absolute Gasteiger partial charge is 0.491 e. The van der Waals surface area contributed by atoms with E-state index in [4.69, 9.17) is 10.00 Å². The molecule has 0 fully saturated rings. The molecule has 0 aliphatic carbocycles. The summed E-state index contributed by atoms with van der Waals surface area (Å²) in [6.07, 6.45) is 1.97. The van der Waals surface area contributed by atoms with E-state index in [1.807, 2.05) is 12.1 Å². The lowest BCUT2D eigenvalue weighted by Crippen LogP contribution is -2.01. The van der Waals surface area contributed by atoms with Crippen molar-refractivity contribution in [2.75, 3.05) is 12.4 Å². The number of hydrogen-bond donors (Lipinski definition) is 1. The fourth-order valence-electron chi connectivity index (χ4n) is 1.66. The number of rotatable bonds is 7. The number of H-pyrrole nitrogens is 1. The number of aryl methyl sites for hydroxylation is 1. The van der Waals surface area contributed by atoms with E-state index in [2.05, 4.69) is 28.2 Å². The Balaban J connectivity index is 1.77. The Morgan fingerprint density at radius 2 is 2.25 bits per heavy atom. The van der Waals surface area contributed by atoms with E-state index in [-0.39, 0.29) is 0 Å². The Hall–Kier alpha value is -2.00. The van der Waals surface area contributed by atoms with Crippen LogP contribution in [0.5, 0.6) is 5.75 Å². The van der Waals surface area contributed by atoms with Gasteiger partial charge < -0.3 is 4.74 Å². The first-order valence-corrected chi connectivity index (χ1v) is 7.48. The molecule has 0 amide bonds. The minimum atomic E-state index is 0.515. The minimum absolute atomic E-state index is 0.515. The summed E-state index contributed by atoms with van der Waals surface area (Å²) in [5, 5.41) is 16.7. The second-order valence-electron chi connectivity index (χ2n) is 4.12. The van der Waals surface area contributed by atoms with Crippen molar-refractivity contribution >= 4 is 11.8 Å². The first kappa shape index (κ1) is 14.4. The molecule has 1 aromatic heterocycles. The van der Waals surface area contributed by atoms with Gasteiger partial charge in [-0.2, -0.15) is 5.26 Å². The van der Waals surface area contributed by atoms with Gasteiger partial charge in [-0.25, -0.2) is 4.98 Å². The number of para-hydroxylation sites is 1. The average molecular weight is 288 g/mol. The molecule has 0 saturated carbocycles. The van der Waals surface area contributed by atoms with E-state index in [0.717, 1.165) is 29.6 Å². The quantitative estimate of drug-likeness (QED) is 0.626. The van der Waals surface area contributed by atoms with Gasteiger partial charge in [-0.15, -0.1) is 5.10 Å². The van der Waals surface area contributed by atoms with Crippen molar-refractivity contribution in [3.8, 4) is 11.8 Å². The highest BCUT2D eigenvalue weighted by molar-refractivity contribution is 7.99. The van der Waals surface area contributed by atoms with Gasteiger partial charge in [0, 0.05) is 12.2 Å². The van der Waals surface area contributed by atoms with Crippen LogP contribution in [0, 0.1) is 11.3 Å². The first-order chi connectivity index (χ1) is 9.83. The third-order valence-electron chi connectivity index (χ3n) is 2.58. The van der Waals surface area contributed by atoms with E-state index < -0.39 is 0 Å². The van der Waals surface area contributed by atoms with Crippen LogP contribution in [0.1, 0.15) is 24.7 Å². The second kappa shape index (κ2) is 7.56. The number of nitrogens with one attached hydrogen (secondary N) is 1. The molecule has 0 atom stereocenters. The van der Waals surface area contributed by atoms with Crippen LogP contribution in [0.15, 0.2) is 29.4 Å². The normalized spacial score (nSPS) is 10.2. The van der Waals surface area contributed by atoms with Crippen molar-refractivity contribution < 1.29 is 4.74 Å². The lowest BCUT2D eigenvalue weighted by atomic mass is 10.2. The number of aromatic amines is 1. The number of aromatic nitrogens is 3. The third-order valence-corrected chi connectivity index (χ3v) is 3.39. The number of nitrogens with zero attached hydrogens (tertiary/aromatic N) is 3. The molecule has 0 saturated heterocycles. The number of ether oxygens (including phenoxy) is 1. The predicted octanol–water partition coefficient (Wildman–Crippen LogP) is 2.80. The monoisotopic (exact) mass is 288 g/mol. The fourth-order valence-corrected chi connectivity index (χ4v) is 2.29. The molecule has 6 heteroatoms. The zero-order valence-corrected chi connectivity index (χ0v) is 12.1. The van der Waals surface area contributed by atoms with Crippen molar-refractivity contribution in [1.82, 2.24) is 15.2 Å². The number of thioether (sulfide) groups is 1. The van der Waals surface area contributed by atoms with Gasteiger partial charge in [0.05, 0.1) is 12.2 Å². The van der Waals surface area contributed by atoms with Gasteiger partial charge in [-0.3, -0.25) is 5.10 Å². The van der Waals surface area contributed by atoms with Crippen LogP contribution in [0.25, 0.3) is 0 Å². The van der Waals surface area contributed by atoms with Gasteiger partial charge in [0.15, 0.2) is 0 Å². The molecule has 0 spiro atoms. The topological polar surface area (TPSA) is 74.6 Å². The molecule has 0 bridgehead atoms. The summed E-state index contributed by atoms with van der Waals surface area (Å²) in [6, 6.07) is 9.34. The molecule has 0 aliphatic heterocycles. The summed E-state index contributed by atoms with van der Waals surface area (Å²) in [4.78, 5) is 4.37. The van der Waals surface area contributed by atoms with Gasteiger partial charge in [-0.1, -0.05) is 30.8 Å². The standard InChI is InChI=1S/C14H16N4OS/c1-2-5-13-16-14(18-17-13)20-9-8-19-12-7-4-3-6-11(12)10-15/h3-4,6-7H,2,5,8-9H2,1H3,(H,16,17,18). The summed E-state index contributed by atoms with van der Waals surface area (Å²) in [6.45, 7) is 2.62. The molecule has 0 unspecified atom stereocenters. The Kier molecular flexibility index (Phi) is 5.44. The molecule has 104 valence electrons. The van der Waals surface area contributed by atoms with E-state index in [0.29, 0.717) is 17.9 Å². The molecule has 0 radical (unpaired) electrons. The van der Waals surface area contributed by atoms with E-state index in [9.17, 15) is 0 Å². The molecular weight excluding hydrogens is 272 g/mol. The number of nitriles is 1. The van der Waals surface area contributed by atoms with Gasteiger partial charge in [0.1, 0.15) is 17.6 Å². The van der Waals surface area contributed by atoms with Crippen molar-refractivity contribution in [2.45, 2.75) is 24.9 Å². The SMILES string of the molecule is CCCc1nc(SCCOc2ccccc2C#N)n[nH]1. The van der Waals surface area contributed by atoms with Crippen molar-refractivity contribution in [3.05, 3.63) is 35.7 Å². The maximum absolute atomic E-state index is 8.95. The molecule has 2 aromatic rings. The minimum Gasteiger partial charge on any atom is -0.491 e. The lowest BCUT2D eigenvalue weighted by Gasteiger charge is -2.06. The molecule has 1 aromatic carbocycles. The molecule has 20 heavy (non-hydrogen) atoms. The van der Waals surface area contributed by atoms with E-state index >= 15 is 0 Å². The highest BCUT2D eigenvalue weighted by atomic mass is 32.2. The second-order valence-corrected chi connectivity index (χ2v) is 5.18. The Bertz CT molecular complexity index is 591.